The van der Waals surface area contributed by atoms with Crippen molar-refractivity contribution in [3.63, 3.8) is 0 Å². The third kappa shape index (κ3) is 2.66. The van der Waals surface area contributed by atoms with Crippen LogP contribution >= 0.6 is 0 Å². The number of hydrogen-bond acceptors (Lipinski definition) is 3. The van der Waals surface area contributed by atoms with Crippen LogP contribution in [-0.2, 0) is 24.1 Å². The van der Waals surface area contributed by atoms with E-state index in [0.29, 0.717) is 23.6 Å². The van der Waals surface area contributed by atoms with Gasteiger partial charge in [-0.05, 0) is 19.8 Å². The topological polar surface area (TPSA) is 44.1 Å². The maximum absolute atomic E-state index is 12.8. The van der Waals surface area contributed by atoms with Gasteiger partial charge in [0.1, 0.15) is 5.82 Å². The van der Waals surface area contributed by atoms with Gasteiger partial charge < -0.3 is 9.30 Å². The number of carbonyl (C=O) groups excluding carboxylic acids is 1. The second-order valence-corrected chi connectivity index (χ2v) is 4.78. The van der Waals surface area contributed by atoms with Crippen LogP contribution in [0.15, 0.2) is 0 Å². The van der Waals surface area contributed by atoms with Gasteiger partial charge in [-0.25, -0.2) is 9.78 Å². The highest BCUT2D eigenvalue weighted by Gasteiger charge is 2.43. The largest absolute Gasteiger partial charge is 0.461 e. The highest BCUT2D eigenvalue weighted by atomic mass is 19.4. The lowest BCUT2D eigenvalue weighted by Gasteiger charge is -2.26. The first-order valence-corrected chi connectivity index (χ1v) is 6.70. The Hall–Kier alpha value is -1.53. The van der Waals surface area contributed by atoms with E-state index in [9.17, 15) is 18.0 Å². The minimum Gasteiger partial charge on any atom is -0.461 e. The molecule has 0 N–H and O–H groups in total. The number of fused-ring (bicyclic) bond motifs is 1. The Morgan fingerprint density at radius 2 is 2.15 bits per heavy atom. The van der Waals surface area contributed by atoms with E-state index in [1.54, 1.807) is 11.5 Å². The fourth-order valence-electron chi connectivity index (χ4n) is 2.51. The van der Waals surface area contributed by atoms with Crippen molar-refractivity contribution in [2.75, 3.05) is 6.61 Å². The van der Waals surface area contributed by atoms with Crippen LogP contribution < -0.4 is 0 Å². The van der Waals surface area contributed by atoms with Crippen LogP contribution in [0.3, 0.4) is 0 Å². The normalized spacial score (nSPS) is 18.8. The molecule has 0 unspecified atom stereocenters. The molecule has 0 bridgehead atoms. The van der Waals surface area contributed by atoms with Gasteiger partial charge in [-0.1, -0.05) is 6.92 Å². The summed E-state index contributed by atoms with van der Waals surface area (Å²) < 4.78 is 44.9. The van der Waals surface area contributed by atoms with Crippen molar-refractivity contribution in [3.05, 3.63) is 17.2 Å². The number of rotatable bonds is 3. The van der Waals surface area contributed by atoms with Crippen molar-refractivity contribution in [2.45, 2.75) is 45.8 Å². The van der Waals surface area contributed by atoms with E-state index in [4.69, 9.17) is 4.74 Å². The number of imidazole rings is 1. The van der Waals surface area contributed by atoms with Gasteiger partial charge in [-0.3, -0.25) is 0 Å². The number of aromatic nitrogens is 2. The summed E-state index contributed by atoms with van der Waals surface area (Å²) in [6, 6.07) is 0. The fraction of sp³-hybridized carbons (Fsp3) is 0.692. The van der Waals surface area contributed by atoms with Crippen LogP contribution in [0.25, 0.3) is 0 Å². The molecule has 1 atom stereocenters. The number of halogens is 3. The van der Waals surface area contributed by atoms with Crippen molar-refractivity contribution in [1.82, 2.24) is 9.55 Å². The van der Waals surface area contributed by atoms with Gasteiger partial charge in [0.2, 0.25) is 0 Å². The molecule has 4 nitrogen and oxygen atoms in total. The van der Waals surface area contributed by atoms with Crippen LogP contribution in [-0.4, -0.2) is 28.3 Å². The van der Waals surface area contributed by atoms with Crippen molar-refractivity contribution >= 4 is 5.97 Å². The molecule has 2 rings (SSSR count). The van der Waals surface area contributed by atoms with E-state index in [1.807, 2.05) is 6.92 Å². The van der Waals surface area contributed by atoms with Gasteiger partial charge in [-0.2, -0.15) is 13.2 Å². The number of carbonyl (C=O) groups is 1. The molecule has 112 valence electrons. The summed E-state index contributed by atoms with van der Waals surface area (Å²) in [5, 5.41) is 0. The molecule has 1 aliphatic heterocycles. The molecule has 0 aromatic carbocycles. The van der Waals surface area contributed by atoms with Gasteiger partial charge in [0.15, 0.2) is 5.69 Å². The Labute approximate surface area is 114 Å². The Balaban J connectivity index is 2.34. The first-order valence-electron chi connectivity index (χ1n) is 6.70. The van der Waals surface area contributed by atoms with E-state index < -0.39 is 18.1 Å². The second kappa shape index (κ2) is 5.46. The Morgan fingerprint density at radius 3 is 2.70 bits per heavy atom. The number of esters is 1. The van der Waals surface area contributed by atoms with E-state index in [-0.39, 0.29) is 26.0 Å². The summed E-state index contributed by atoms with van der Waals surface area (Å²) in [5.74, 6) is -1.55. The van der Waals surface area contributed by atoms with Gasteiger partial charge in [0.25, 0.3) is 0 Å². The SMILES string of the molecule is CCOC(=O)c1c(CC)nc2n1CC[C@@H](C(F)(F)F)C2. The van der Waals surface area contributed by atoms with Gasteiger partial charge in [0.05, 0.1) is 18.2 Å². The first-order chi connectivity index (χ1) is 9.38. The maximum atomic E-state index is 12.8. The molecule has 20 heavy (non-hydrogen) atoms. The van der Waals surface area contributed by atoms with Crippen molar-refractivity contribution in [1.29, 1.82) is 0 Å². The number of nitrogens with zero attached hydrogens (tertiary/aromatic N) is 2. The average Bonchev–Trinajstić information content (AvgIpc) is 2.75. The number of aryl methyl sites for hydroxylation is 1. The van der Waals surface area contributed by atoms with Gasteiger partial charge in [-0.15, -0.1) is 0 Å². The third-order valence-corrected chi connectivity index (χ3v) is 3.52. The summed E-state index contributed by atoms with van der Waals surface area (Å²) in [6.07, 6.45) is -3.92. The zero-order valence-electron chi connectivity index (χ0n) is 11.5. The predicted molar refractivity (Wildman–Crippen MR) is 65.4 cm³/mol. The standard InChI is InChI=1S/C13H17F3N2O2/c1-3-9-11(12(19)20-4-2)18-6-5-8(13(14,15)16)7-10(18)17-9/h8H,3-7H2,1-2H3/t8-/m1/s1. The molecular weight excluding hydrogens is 273 g/mol. The Morgan fingerprint density at radius 1 is 1.45 bits per heavy atom. The lowest BCUT2D eigenvalue weighted by atomic mass is 9.97. The minimum absolute atomic E-state index is 0.0254. The highest BCUT2D eigenvalue weighted by Crippen LogP contribution is 2.35. The third-order valence-electron chi connectivity index (χ3n) is 3.52. The number of hydrogen-bond donors (Lipinski definition) is 0. The summed E-state index contributed by atoms with van der Waals surface area (Å²) in [6.45, 7) is 3.89. The molecule has 0 aliphatic carbocycles. The van der Waals surface area contributed by atoms with Crippen LogP contribution in [0.5, 0.6) is 0 Å². The fourth-order valence-corrected chi connectivity index (χ4v) is 2.51. The molecule has 0 fully saturated rings. The van der Waals surface area contributed by atoms with Crippen LogP contribution in [0.4, 0.5) is 13.2 Å². The number of ether oxygens (including phenoxy) is 1. The average molecular weight is 290 g/mol. The summed E-state index contributed by atoms with van der Waals surface area (Å²) in [5.41, 5.74) is 0.825. The molecule has 1 aromatic heterocycles. The molecule has 0 radical (unpaired) electrons. The van der Waals surface area contributed by atoms with Crippen LogP contribution in [0.1, 0.15) is 42.3 Å². The lowest BCUT2D eigenvalue weighted by Crippen LogP contribution is -2.32. The lowest BCUT2D eigenvalue weighted by molar-refractivity contribution is -0.179. The van der Waals surface area contributed by atoms with Crippen LogP contribution in [0.2, 0.25) is 0 Å². The molecular formula is C13H17F3N2O2. The van der Waals surface area contributed by atoms with Crippen molar-refractivity contribution in [3.8, 4) is 0 Å². The Bertz CT molecular complexity index is 508. The van der Waals surface area contributed by atoms with Crippen LogP contribution in [0, 0.1) is 5.92 Å². The zero-order chi connectivity index (χ0) is 14.9. The molecule has 0 saturated carbocycles. The van der Waals surface area contributed by atoms with Gasteiger partial charge in [0, 0.05) is 13.0 Å². The first kappa shape index (κ1) is 14.9. The molecule has 0 spiro atoms. The second-order valence-electron chi connectivity index (χ2n) is 4.78. The summed E-state index contributed by atoms with van der Waals surface area (Å²) >= 11 is 0. The van der Waals surface area contributed by atoms with E-state index in [2.05, 4.69) is 4.98 Å². The molecule has 7 heteroatoms. The van der Waals surface area contributed by atoms with Gasteiger partial charge >= 0.3 is 12.1 Å². The summed E-state index contributed by atoms with van der Waals surface area (Å²) in [7, 11) is 0. The quantitative estimate of drug-likeness (QED) is 0.804. The molecule has 0 amide bonds. The van der Waals surface area contributed by atoms with E-state index >= 15 is 0 Å². The maximum Gasteiger partial charge on any atom is 0.392 e. The molecule has 0 saturated heterocycles. The van der Waals surface area contributed by atoms with E-state index in [1.165, 1.54) is 0 Å². The molecule has 2 heterocycles. The summed E-state index contributed by atoms with van der Waals surface area (Å²) in [4.78, 5) is 16.1. The number of alkyl halides is 3. The highest BCUT2D eigenvalue weighted by molar-refractivity contribution is 5.89. The molecule has 1 aliphatic rings. The molecule has 1 aromatic rings. The predicted octanol–water partition coefficient (Wildman–Crippen LogP) is 2.75. The van der Waals surface area contributed by atoms with Crippen molar-refractivity contribution < 1.29 is 22.7 Å². The monoisotopic (exact) mass is 290 g/mol. The minimum atomic E-state index is -4.21. The van der Waals surface area contributed by atoms with Crippen molar-refractivity contribution in [2.24, 2.45) is 5.92 Å². The van der Waals surface area contributed by atoms with E-state index in [0.717, 1.165) is 0 Å². The zero-order valence-corrected chi connectivity index (χ0v) is 11.5. The smallest absolute Gasteiger partial charge is 0.392 e. The Kier molecular flexibility index (Phi) is 4.06.